The molecule has 0 aliphatic carbocycles. The topological polar surface area (TPSA) is 66.5 Å². The molecule has 0 bridgehead atoms. The molecule has 72 valence electrons. The molecule has 0 aromatic heterocycles. The van der Waals surface area contributed by atoms with E-state index in [9.17, 15) is 9.50 Å². The van der Waals surface area contributed by atoms with E-state index in [0.29, 0.717) is 10.0 Å². The third kappa shape index (κ3) is 1.76. The van der Waals surface area contributed by atoms with Crippen molar-refractivity contribution >= 4 is 15.9 Å². The third-order valence-electron chi connectivity index (χ3n) is 1.67. The van der Waals surface area contributed by atoms with Crippen LogP contribution in [0.5, 0.6) is 11.5 Å². The molecule has 0 saturated heterocycles. The Hall–Kier alpha value is -0.810. The molecule has 0 aliphatic heterocycles. The van der Waals surface area contributed by atoms with Crippen LogP contribution in [0.25, 0.3) is 0 Å². The van der Waals surface area contributed by atoms with Crippen LogP contribution in [0.2, 0.25) is 0 Å². The Bertz CT molecular complexity index is 341. The van der Waals surface area contributed by atoms with Crippen LogP contribution in [0.1, 0.15) is 18.5 Å². The minimum atomic E-state index is -0.881. The van der Waals surface area contributed by atoms with Gasteiger partial charge in [-0.25, -0.2) is 4.39 Å². The lowest BCUT2D eigenvalue weighted by Gasteiger charge is -2.12. The molecule has 0 fully saturated rings. The maximum Gasteiger partial charge on any atom is 0.194 e. The molecular formula is C8H9BrFNO2. The molecular weight excluding hydrogens is 241 g/mol. The van der Waals surface area contributed by atoms with Crippen LogP contribution in [-0.2, 0) is 0 Å². The first-order valence-corrected chi connectivity index (χ1v) is 4.39. The molecule has 3 nitrogen and oxygen atoms in total. The van der Waals surface area contributed by atoms with Gasteiger partial charge in [-0.1, -0.05) is 15.9 Å². The van der Waals surface area contributed by atoms with E-state index < -0.39 is 23.4 Å². The summed E-state index contributed by atoms with van der Waals surface area (Å²) in [6.07, 6.45) is 0. The summed E-state index contributed by atoms with van der Waals surface area (Å²) in [6, 6.07) is 0.578. The van der Waals surface area contributed by atoms with Gasteiger partial charge >= 0.3 is 0 Å². The van der Waals surface area contributed by atoms with Crippen molar-refractivity contribution in [1.82, 2.24) is 0 Å². The average molecular weight is 250 g/mol. The van der Waals surface area contributed by atoms with Crippen LogP contribution < -0.4 is 5.73 Å². The molecule has 1 rings (SSSR count). The van der Waals surface area contributed by atoms with Gasteiger partial charge in [0.15, 0.2) is 17.3 Å². The minimum Gasteiger partial charge on any atom is -0.504 e. The number of phenols is 2. The Morgan fingerprint density at radius 2 is 2.00 bits per heavy atom. The summed E-state index contributed by atoms with van der Waals surface area (Å²) in [5, 5.41) is 18.4. The first-order valence-electron chi connectivity index (χ1n) is 3.60. The lowest BCUT2D eigenvalue weighted by Crippen LogP contribution is -2.06. The summed E-state index contributed by atoms with van der Waals surface area (Å²) in [5.41, 5.74) is 5.80. The van der Waals surface area contributed by atoms with Crippen LogP contribution in [0.15, 0.2) is 10.5 Å². The number of halogens is 2. The molecule has 0 saturated carbocycles. The van der Waals surface area contributed by atoms with Crippen molar-refractivity contribution in [3.05, 3.63) is 21.9 Å². The largest absolute Gasteiger partial charge is 0.504 e. The number of aromatic hydroxyl groups is 2. The highest BCUT2D eigenvalue weighted by Gasteiger charge is 2.18. The van der Waals surface area contributed by atoms with Crippen LogP contribution in [-0.4, -0.2) is 10.2 Å². The maximum absolute atomic E-state index is 12.8. The average Bonchev–Trinajstić information content (AvgIpc) is 1.99. The zero-order chi connectivity index (χ0) is 10.2. The number of benzene rings is 1. The normalized spacial score (nSPS) is 12.9. The fourth-order valence-electron chi connectivity index (χ4n) is 1.04. The quantitative estimate of drug-likeness (QED) is 0.668. The van der Waals surface area contributed by atoms with Crippen molar-refractivity contribution in [1.29, 1.82) is 0 Å². The van der Waals surface area contributed by atoms with Gasteiger partial charge in [-0.15, -0.1) is 0 Å². The number of nitrogens with two attached hydrogens (primary N) is 1. The molecule has 1 atom stereocenters. The summed E-state index contributed by atoms with van der Waals surface area (Å²) < 4.78 is 13.1. The maximum atomic E-state index is 12.8. The van der Waals surface area contributed by atoms with Crippen molar-refractivity contribution in [2.24, 2.45) is 5.73 Å². The van der Waals surface area contributed by atoms with Gasteiger partial charge in [0.25, 0.3) is 0 Å². The predicted molar refractivity (Wildman–Crippen MR) is 50.0 cm³/mol. The number of hydrogen-bond acceptors (Lipinski definition) is 3. The lowest BCUT2D eigenvalue weighted by molar-refractivity contribution is 0.373. The SMILES string of the molecule is CC(N)c1c(Br)cc(F)c(O)c1O. The van der Waals surface area contributed by atoms with E-state index in [-0.39, 0.29) is 0 Å². The Labute approximate surface area is 83.1 Å². The van der Waals surface area contributed by atoms with Crippen molar-refractivity contribution < 1.29 is 14.6 Å². The van der Waals surface area contributed by atoms with Crippen molar-refractivity contribution in [2.45, 2.75) is 13.0 Å². The highest BCUT2D eigenvalue weighted by molar-refractivity contribution is 9.10. The van der Waals surface area contributed by atoms with Crippen molar-refractivity contribution in [2.75, 3.05) is 0 Å². The Balaban J connectivity index is 3.44. The summed E-state index contributed by atoms with van der Waals surface area (Å²) in [7, 11) is 0. The van der Waals surface area contributed by atoms with E-state index in [1.165, 1.54) is 0 Å². The molecule has 0 aliphatic rings. The third-order valence-corrected chi connectivity index (χ3v) is 2.33. The molecule has 0 spiro atoms. The molecule has 0 amide bonds. The van der Waals surface area contributed by atoms with Crippen molar-refractivity contribution in [3.63, 3.8) is 0 Å². The fraction of sp³-hybridized carbons (Fsp3) is 0.250. The van der Waals surface area contributed by atoms with Crippen LogP contribution >= 0.6 is 15.9 Å². The monoisotopic (exact) mass is 249 g/mol. The van der Waals surface area contributed by atoms with Crippen LogP contribution in [0.4, 0.5) is 4.39 Å². The highest BCUT2D eigenvalue weighted by Crippen LogP contribution is 2.39. The zero-order valence-corrected chi connectivity index (χ0v) is 8.47. The molecule has 4 N–H and O–H groups in total. The van der Waals surface area contributed by atoms with Gasteiger partial charge in [0.2, 0.25) is 0 Å². The number of hydrogen-bond donors (Lipinski definition) is 3. The second kappa shape index (κ2) is 3.51. The van der Waals surface area contributed by atoms with Crippen LogP contribution in [0, 0.1) is 5.82 Å². The first-order chi connectivity index (χ1) is 5.95. The molecule has 13 heavy (non-hydrogen) atoms. The van der Waals surface area contributed by atoms with Gasteiger partial charge in [0, 0.05) is 16.1 Å². The van der Waals surface area contributed by atoms with Gasteiger partial charge in [0.1, 0.15) is 0 Å². The van der Waals surface area contributed by atoms with E-state index in [1.54, 1.807) is 6.92 Å². The van der Waals surface area contributed by atoms with Gasteiger partial charge in [0.05, 0.1) is 0 Å². The predicted octanol–water partition coefficient (Wildman–Crippen LogP) is 2.02. The molecule has 5 heteroatoms. The van der Waals surface area contributed by atoms with Crippen molar-refractivity contribution in [3.8, 4) is 11.5 Å². The molecule has 1 aromatic carbocycles. The molecule has 1 unspecified atom stereocenters. The smallest absolute Gasteiger partial charge is 0.194 e. The van der Waals surface area contributed by atoms with Gasteiger partial charge < -0.3 is 15.9 Å². The second-order valence-corrected chi connectivity index (χ2v) is 3.59. The Morgan fingerprint density at radius 1 is 1.46 bits per heavy atom. The van der Waals surface area contributed by atoms with E-state index in [4.69, 9.17) is 10.8 Å². The summed E-state index contributed by atoms with van der Waals surface area (Å²) in [5.74, 6) is -2.16. The van der Waals surface area contributed by atoms with E-state index in [2.05, 4.69) is 15.9 Å². The number of rotatable bonds is 1. The molecule has 0 radical (unpaired) electrons. The minimum absolute atomic E-state index is 0.291. The van der Waals surface area contributed by atoms with E-state index in [0.717, 1.165) is 6.07 Å². The highest BCUT2D eigenvalue weighted by atomic mass is 79.9. The van der Waals surface area contributed by atoms with Crippen LogP contribution in [0.3, 0.4) is 0 Å². The number of phenolic OH excluding ortho intramolecular Hbond substituents is 2. The first kappa shape index (κ1) is 10.3. The zero-order valence-electron chi connectivity index (χ0n) is 6.88. The standard InChI is InChI=1S/C8H9BrFNO2/c1-3(11)6-4(9)2-5(10)7(12)8(6)13/h2-3,12-13H,11H2,1H3. The molecule has 1 aromatic rings. The van der Waals surface area contributed by atoms with E-state index in [1.807, 2.05) is 0 Å². The second-order valence-electron chi connectivity index (χ2n) is 2.74. The fourth-order valence-corrected chi connectivity index (χ4v) is 1.79. The Kier molecular flexibility index (Phi) is 2.77. The van der Waals surface area contributed by atoms with Gasteiger partial charge in [-0.2, -0.15) is 0 Å². The van der Waals surface area contributed by atoms with E-state index >= 15 is 0 Å². The van der Waals surface area contributed by atoms with Gasteiger partial charge in [-0.3, -0.25) is 0 Å². The lowest BCUT2D eigenvalue weighted by atomic mass is 10.1. The molecule has 0 heterocycles. The Morgan fingerprint density at radius 3 is 2.46 bits per heavy atom. The summed E-state index contributed by atoms with van der Waals surface area (Å²) in [6.45, 7) is 1.62. The summed E-state index contributed by atoms with van der Waals surface area (Å²) in [4.78, 5) is 0. The summed E-state index contributed by atoms with van der Waals surface area (Å²) >= 11 is 3.04. The van der Waals surface area contributed by atoms with Gasteiger partial charge in [-0.05, 0) is 13.0 Å².